The molecule has 0 fully saturated rings. The van der Waals surface area contributed by atoms with Crippen molar-refractivity contribution in [2.24, 2.45) is 0 Å². The summed E-state index contributed by atoms with van der Waals surface area (Å²) >= 11 is 0. The van der Waals surface area contributed by atoms with E-state index in [1.165, 1.54) is 0 Å². The Hall–Kier alpha value is -1.30. The zero-order valence-corrected chi connectivity index (χ0v) is 8.59. The van der Waals surface area contributed by atoms with Crippen LogP contribution in [0.3, 0.4) is 0 Å². The highest BCUT2D eigenvalue weighted by Crippen LogP contribution is 2.12. The minimum atomic E-state index is -3.15. The second-order valence-corrected chi connectivity index (χ2v) is 3.34. The molecule has 0 aliphatic rings. The molecule has 0 bridgehead atoms. The number of aromatic nitrogens is 2. The van der Waals surface area contributed by atoms with E-state index in [1.807, 2.05) is 0 Å². The quantitative estimate of drug-likeness (QED) is 0.793. The van der Waals surface area contributed by atoms with Gasteiger partial charge in [-0.2, -0.15) is 0 Å². The third-order valence-electron chi connectivity index (χ3n) is 1.72. The largest absolute Gasteiger partial charge is 0.390 e. The van der Waals surface area contributed by atoms with Crippen LogP contribution in [0.1, 0.15) is 11.4 Å². The van der Waals surface area contributed by atoms with Crippen molar-refractivity contribution in [1.82, 2.24) is 9.97 Å². The summed E-state index contributed by atoms with van der Waals surface area (Å²) in [5, 5.41) is 10.7. The highest BCUT2D eigenvalue weighted by atomic mass is 19.3. The Morgan fingerprint density at radius 3 is 2.33 bits per heavy atom. The van der Waals surface area contributed by atoms with E-state index in [9.17, 15) is 8.78 Å². The Morgan fingerprint density at radius 2 is 1.87 bits per heavy atom. The van der Waals surface area contributed by atoms with Crippen LogP contribution in [-0.4, -0.2) is 34.1 Å². The number of aliphatic hydroxyl groups is 1. The molecule has 84 valence electrons. The number of rotatable bonds is 4. The molecule has 1 aromatic heterocycles. The van der Waals surface area contributed by atoms with E-state index in [2.05, 4.69) is 15.3 Å². The van der Waals surface area contributed by atoms with Gasteiger partial charge in [0.2, 0.25) is 5.95 Å². The monoisotopic (exact) mass is 217 g/mol. The third kappa shape index (κ3) is 3.75. The van der Waals surface area contributed by atoms with Crippen LogP contribution in [0.4, 0.5) is 14.7 Å². The molecular weight excluding hydrogens is 204 g/mol. The number of anilines is 1. The van der Waals surface area contributed by atoms with Crippen LogP contribution in [0.5, 0.6) is 0 Å². The first kappa shape index (κ1) is 11.8. The van der Waals surface area contributed by atoms with Crippen molar-refractivity contribution in [3.63, 3.8) is 0 Å². The molecular formula is C9H13F2N3O. The fourth-order valence-corrected chi connectivity index (χ4v) is 1.07. The normalized spacial score (nSPS) is 11.5. The number of aryl methyl sites for hydroxylation is 2. The first-order valence-electron chi connectivity index (χ1n) is 4.48. The van der Waals surface area contributed by atoms with Crippen molar-refractivity contribution < 1.29 is 13.9 Å². The summed E-state index contributed by atoms with van der Waals surface area (Å²) in [5.74, 6) is -3.00. The van der Waals surface area contributed by atoms with E-state index in [0.29, 0.717) is 11.4 Å². The molecule has 0 aromatic carbocycles. The van der Waals surface area contributed by atoms with Crippen LogP contribution in [0.25, 0.3) is 0 Å². The molecule has 0 radical (unpaired) electrons. The van der Waals surface area contributed by atoms with Crippen LogP contribution in [0.2, 0.25) is 0 Å². The lowest BCUT2D eigenvalue weighted by molar-refractivity contribution is -0.0374. The summed E-state index contributed by atoms with van der Waals surface area (Å²) in [6.07, 6.45) is 0. The van der Waals surface area contributed by atoms with Crippen molar-refractivity contribution >= 4 is 5.95 Å². The lowest BCUT2D eigenvalue weighted by Gasteiger charge is -2.14. The predicted molar refractivity (Wildman–Crippen MR) is 52.0 cm³/mol. The van der Waals surface area contributed by atoms with Crippen molar-refractivity contribution in [2.75, 3.05) is 18.5 Å². The van der Waals surface area contributed by atoms with Crippen LogP contribution >= 0.6 is 0 Å². The third-order valence-corrected chi connectivity index (χ3v) is 1.72. The molecule has 1 heterocycles. The minimum Gasteiger partial charge on any atom is -0.390 e. The highest BCUT2D eigenvalue weighted by molar-refractivity contribution is 5.27. The molecule has 0 atom stereocenters. The van der Waals surface area contributed by atoms with E-state index in [4.69, 9.17) is 5.11 Å². The van der Waals surface area contributed by atoms with Crippen molar-refractivity contribution in [3.8, 4) is 0 Å². The maximum Gasteiger partial charge on any atom is 0.287 e. The lowest BCUT2D eigenvalue weighted by atomic mass is 10.3. The van der Waals surface area contributed by atoms with Gasteiger partial charge in [-0.25, -0.2) is 18.7 Å². The Morgan fingerprint density at radius 1 is 1.33 bits per heavy atom. The van der Waals surface area contributed by atoms with Crippen molar-refractivity contribution in [2.45, 2.75) is 19.8 Å². The topological polar surface area (TPSA) is 58.0 Å². The van der Waals surface area contributed by atoms with Gasteiger partial charge in [0.05, 0.1) is 6.54 Å². The number of hydrogen-bond acceptors (Lipinski definition) is 4. The molecule has 2 N–H and O–H groups in total. The summed E-state index contributed by atoms with van der Waals surface area (Å²) in [7, 11) is 0. The van der Waals surface area contributed by atoms with Gasteiger partial charge in [-0.3, -0.25) is 0 Å². The van der Waals surface area contributed by atoms with Crippen molar-refractivity contribution in [1.29, 1.82) is 0 Å². The smallest absolute Gasteiger partial charge is 0.287 e. The lowest BCUT2D eigenvalue weighted by Crippen LogP contribution is -2.31. The summed E-state index contributed by atoms with van der Waals surface area (Å²) < 4.78 is 25.3. The predicted octanol–water partition coefficient (Wildman–Crippen LogP) is 1.13. The van der Waals surface area contributed by atoms with Gasteiger partial charge in [-0.15, -0.1) is 0 Å². The molecule has 0 aliphatic heterocycles. The van der Waals surface area contributed by atoms with Crippen molar-refractivity contribution in [3.05, 3.63) is 17.5 Å². The van der Waals surface area contributed by atoms with Gasteiger partial charge in [0, 0.05) is 11.4 Å². The first-order valence-corrected chi connectivity index (χ1v) is 4.48. The van der Waals surface area contributed by atoms with E-state index in [-0.39, 0.29) is 5.95 Å². The summed E-state index contributed by atoms with van der Waals surface area (Å²) in [5.41, 5.74) is 1.41. The molecule has 4 nitrogen and oxygen atoms in total. The maximum atomic E-state index is 12.7. The van der Waals surface area contributed by atoms with Gasteiger partial charge in [-0.05, 0) is 19.9 Å². The van der Waals surface area contributed by atoms with Crippen LogP contribution in [-0.2, 0) is 0 Å². The fraction of sp³-hybridized carbons (Fsp3) is 0.556. The average molecular weight is 217 g/mol. The molecule has 0 saturated carbocycles. The first-order chi connectivity index (χ1) is 6.93. The second-order valence-electron chi connectivity index (χ2n) is 3.34. The summed E-state index contributed by atoms with van der Waals surface area (Å²) in [6.45, 7) is 1.64. The van der Waals surface area contributed by atoms with Gasteiger partial charge in [0.15, 0.2) is 0 Å². The molecule has 1 aromatic rings. The van der Waals surface area contributed by atoms with Crippen LogP contribution in [0.15, 0.2) is 6.07 Å². The molecule has 6 heteroatoms. The van der Waals surface area contributed by atoms with E-state index in [1.54, 1.807) is 19.9 Å². The second kappa shape index (κ2) is 4.48. The van der Waals surface area contributed by atoms with Crippen LogP contribution < -0.4 is 5.32 Å². The number of halogens is 2. The van der Waals surface area contributed by atoms with E-state index in [0.717, 1.165) is 0 Å². The number of aliphatic hydroxyl groups excluding tert-OH is 1. The molecule has 0 unspecified atom stereocenters. The molecule has 0 amide bonds. The number of hydrogen-bond donors (Lipinski definition) is 2. The standard InChI is InChI=1S/C9H13F2N3O/c1-6-3-7(2)14-8(13-6)12-4-9(10,11)5-15/h3,15H,4-5H2,1-2H3,(H,12,13,14). The van der Waals surface area contributed by atoms with Gasteiger partial charge in [0.1, 0.15) is 6.61 Å². The Kier molecular flexibility index (Phi) is 3.52. The number of nitrogens with zero attached hydrogens (tertiary/aromatic N) is 2. The minimum absolute atomic E-state index is 0.153. The zero-order valence-electron chi connectivity index (χ0n) is 8.59. The van der Waals surface area contributed by atoms with E-state index >= 15 is 0 Å². The maximum absolute atomic E-state index is 12.7. The average Bonchev–Trinajstić information content (AvgIpc) is 2.14. The molecule has 15 heavy (non-hydrogen) atoms. The SMILES string of the molecule is Cc1cc(C)nc(NCC(F)(F)CO)n1. The van der Waals surface area contributed by atoms with Gasteiger partial charge in [-0.1, -0.05) is 0 Å². The van der Waals surface area contributed by atoms with E-state index < -0.39 is 19.1 Å². The molecule has 0 spiro atoms. The van der Waals surface area contributed by atoms with Gasteiger partial charge < -0.3 is 10.4 Å². The van der Waals surface area contributed by atoms with Gasteiger partial charge in [0.25, 0.3) is 5.92 Å². The Labute approximate surface area is 86.4 Å². The summed E-state index contributed by atoms with van der Waals surface area (Å²) in [6, 6.07) is 1.75. The number of nitrogens with one attached hydrogen (secondary N) is 1. The molecule has 0 aliphatic carbocycles. The van der Waals surface area contributed by atoms with Crippen LogP contribution in [0, 0.1) is 13.8 Å². The fourth-order valence-electron chi connectivity index (χ4n) is 1.07. The highest BCUT2D eigenvalue weighted by Gasteiger charge is 2.27. The summed E-state index contributed by atoms with van der Waals surface area (Å²) in [4.78, 5) is 7.87. The Balaban J connectivity index is 2.65. The zero-order chi connectivity index (χ0) is 11.5. The molecule has 0 saturated heterocycles. The Bertz CT molecular complexity index is 324. The molecule has 1 rings (SSSR count). The number of alkyl halides is 2. The van der Waals surface area contributed by atoms with Gasteiger partial charge >= 0.3 is 0 Å².